The first kappa shape index (κ1) is 15.9. The number of amides is 1. The Kier molecular flexibility index (Phi) is 3.83. The van der Waals surface area contributed by atoms with Crippen LogP contribution >= 0.6 is 11.6 Å². The summed E-state index contributed by atoms with van der Waals surface area (Å²) >= 11 is 6.23. The fourth-order valence-electron chi connectivity index (χ4n) is 5.51. The van der Waals surface area contributed by atoms with Crippen LogP contribution in [0.1, 0.15) is 48.9 Å². The van der Waals surface area contributed by atoms with E-state index in [0.717, 1.165) is 19.3 Å². The van der Waals surface area contributed by atoms with Crippen molar-refractivity contribution in [3.63, 3.8) is 0 Å². The van der Waals surface area contributed by atoms with Gasteiger partial charge in [0.25, 0.3) is 0 Å². The Morgan fingerprint density at radius 3 is 2.25 bits per heavy atom. The van der Waals surface area contributed by atoms with Crippen molar-refractivity contribution in [3.8, 4) is 0 Å². The third-order valence-corrected chi connectivity index (χ3v) is 6.49. The van der Waals surface area contributed by atoms with E-state index in [1.165, 1.54) is 26.4 Å². The number of esters is 1. The number of methoxy groups -OCH3 is 1. The van der Waals surface area contributed by atoms with Gasteiger partial charge >= 0.3 is 5.97 Å². The lowest BCUT2D eigenvalue weighted by Gasteiger charge is -2.55. The monoisotopic (exact) mass is 347 g/mol. The molecule has 0 heterocycles. The van der Waals surface area contributed by atoms with Crippen molar-refractivity contribution in [2.45, 2.75) is 38.5 Å². The molecule has 0 aromatic heterocycles. The highest BCUT2D eigenvalue weighted by atomic mass is 35.5. The van der Waals surface area contributed by atoms with Gasteiger partial charge in [0.1, 0.15) is 0 Å². The molecule has 0 unspecified atom stereocenters. The smallest absolute Gasteiger partial charge is 0.337 e. The van der Waals surface area contributed by atoms with Gasteiger partial charge < -0.3 is 10.1 Å². The highest BCUT2D eigenvalue weighted by Crippen LogP contribution is 2.60. The number of ether oxygens (including phenoxy) is 1. The molecule has 4 bridgehead atoms. The molecule has 4 aliphatic rings. The van der Waals surface area contributed by atoms with Crippen LogP contribution in [-0.4, -0.2) is 19.0 Å². The average Bonchev–Trinajstić information content (AvgIpc) is 2.54. The molecule has 5 rings (SSSR count). The minimum Gasteiger partial charge on any atom is -0.465 e. The Hall–Kier alpha value is -1.55. The fourth-order valence-corrected chi connectivity index (χ4v) is 5.67. The molecular formula is C19H22ClNO3. The van der Waals surface area contributed by atoms with E-state index in [1.807, 2.05) is 0 Å². The summed E-state index contributed by atoms with van der Waals surface area (Å²) in [6.45, 7) is 0. The van der Waals surface area contributed by atoms with Gasteiger partial charge in [-0.2, -0.15) is 0 Å². The van der Waals surface area contributed by atoms with Crippen molar-refractivity contribution in [2.24, 2.45) is 23.2 Å². The number of hydrogen-bond acceptors (Lipinski definition) is 3. The van der Waals surface area contributed by atoms with E-state index >= 15 is 0 Å². The van der Waals surface area contributed by atoms with Gasteiger partial charge in [-0.3, -0.25) is 4.79 Å². The second kappa shape index (κ2) is 5.76. The molecular weight excluding hydrogens is 326 g/mol. The maximum absolute atomic E-state index is 13.1. The van der Waals surface area contributed by atoms with Gasteiger partial charge in [-0.15, -0.1) is 0 Å². The van der Waals surface area contributed by atoms with Gasteiger partial charge in [-0.1, -0.05) is 11.6 Å². The number of halogens is 1. The summed E-state index contributed by atoms with van der Waals surface area (Å²) in [7, 11) is 1.34. The molecule has 5 heteroatoms. The van der Waals surface area contributed by atoms with Crippen LogP contribution in [0.15, 0.2) is 18.2 Å². The van der Waals surface area contributed by atoms with Gasteiger partial charge in [-0.05, 0) is 74.5 Å². The quantitative estimate of drug-likeness (QED) is 0.830. The standard InChI is InChI=1S/C19H22ClNO3/c1-24-17(22)14-2-3-15(20)16(7-14)21-18(23)19-8-11-4-12(9-19)6-13(5-11)10-19/h2-3,7,11-13H,4-6,8-10H2,1H3,(H,21,23). The lowest BCUT2D eigenvalue weighted by atomic mass is 9.49. The molecule has 128 valence electrons. The summed E-state index contributed by atoms with van der Waals surface area (Å²) in [5.74, 6) is 1.76. The predicted octanol–water partition coefficient (Wildman–Crippen LogP) is 4.28. The molecule has 1 aromatic rings. The van der Waals surface area contributed by atoms with Gasteiger partial charge in [0, 0.05) is 0 Å². The zero-order valence-electron chi connectivity index (χ0n) is 13.8. The lowest BCUT2D eigenvalue weighted by molar-refractivity contribution is -0.140. The number of hydrogen-bond donors (Lipinski definition) is 1. The number of anilines is 1. The SMILES string of the molecule is COC(=O)c1ccc(Cl)c(NC(=O)C23CC4CC(CC(C4)C2)C3)c1. The molecule has 0 spiro atoms. The molecule has 4 saturated carbocycles. The topological polar surface area (TPSA) is 55.4 Å². The van der Waals surface area contributed by atoms with Gasteiger partial charge in [-0.25, -0.2) is 4.79 Å². The maximum Gasteiger partial charge on any atom is 0.337 e. The molecule has 4 fully saturated rings. The summed E-state index contributed by atoms with van der Waals surface area (Å²) in [6, 6.07) is 4.84. The van der Waals surface area contributed by atoms with E-state index in [-0.39, 0.29) is 11.3 Å². The maximum atomic E-state index is 13.1. The van der Waals surface area contributed by atoms with Gasteiger partial charge in [0.05, 0.1) is 28.8 Å². The van der Waals surface area contributed by atoms with Gasteiger partial charge in [0.2, 0.25) is 5.91 Å². The van der Waals surface area contributed by atoms with E-state index in [1.54, 1.807) is 18.2 Å². The fraction of sp³-hybridized carbons (Fsp3) is 0.579. The minimum atomic E-state index is -0.433. The van der Waals surface area contributed by atoms with E-state index in [4.69, 9.17) is 16.3 Å². The molecule has 4 aliphatic carbocycles. The number of nitrogens with one attached hydrogen (secondary N) is 1. The highest BCUT2D eigenvalue weighted by molar-refractivity contribution is 6.34. The molecule has 0 atom stereocenters. The molecule has 1 N–H and O–H groups in total. The molecule has 1 aromatic carbocycles. The summed E-state index contributed by atoms with van der Waals surface area (Å²) in [4.78, 5) is 24.8. The molecule has 0 saturated heterocycles. The lowest BCUT2D eigenvalue weighted by Crippen LogP contribution is -2.51. The van der Waals surface area contributed by atoms with Crippen molar-refractivity contribution in [1.82, 2.24) is 0 Å². The first-order valence-electron chi connectivity index (χ1n) is 8.68. The highest BCUT2D eigenvalue weighted by Gasteiger charge is 2.54. The molecule has 24 heavy (non-hydrogen) atoms. The summed E-state index contributed by atoms with van der Waals surface area (Å²) in [5.41, 5.74) is 0.655. The van der Waals surface area contributed by atoms with Crippen LogP contribution in [0, 0.1) is 23.2 Å². The Balaban J connectivity index is 1.57. The minimum absolute atomic E-state index is 0.0746. The summed E-state index contributed by atoms with van der Waals surface area (Å²) in [6.07, 6.45) is 6.89. The molecule has 1 amide bonds. The van der Waals surface area contributed by atoms with Crippen LogP contribution in [0.4, 0.5) is 5.69 Å². The predicted molar refractivity (Wildman–Crippen MR) is 92.0 cm³/mol. The number of benzene rings is 1. The third kappa shape index (κ3) is 2.61. The second-order valence-corrected chi connectivity index (χ2v) is 8.25. The second-order valence-electron chi connectivity index (χ2n) is 7.84. The normalized spacial score (nSPS) is 33.3. The molecule has 0 radical (unpaired) electrons. The Labute approximate surface area is 146 Å². The Bertz CT molecular complexity index is 665. The number of rotatable bonds is 3. The first-order valence-corrected chi connectivity index (χ1v) is 9.06. The first-order chi connectivity index (χ1) is 11.5. The Morgan fingerprint density at radius 1 is 1.12 bits per heavy atom. The van der Waals surface area contributed by atoms with Crippen LogP contribution in [0.3, 0.4) is 0 Å². The zero-order valence-corrected chi connectivity index (χ0v) is 14.6. The number of carbonyl (C=O) groups is 2. The third-order valence-electron chi connectivity index (χ3n) is 6.16. The van der Waals surface area contributed by atoms with Crippen molar-refractivity contribution in [2.75, 3.05) is 12.4 Å². The molecule has 4 nitrogen and oxygen atoms in total. The van der Waals surface area contributed by atoms with Crippen LogP contribution in [0.2, 0.25) is 5.02 Å². The zero-order chi connectivity index (χ0) is 16.9. The van der Waals surface area contributed by atoms with Gasteiger partial charge in [0.15, 0.2) is 0 Å². The number of carbonyl (C=O) groups excluding carboxylic acids is 2. The van der Waals surface area contributed by atoms with Crippen molar-refractivity contribution in [3.05, 3.63) is 28.8 Å². The summed E-state index contributed by atoms with van der Waals surface area (Å²) < 4.78 is 4.74. The van der Waals surface area contributed by atoms with E-state index in [2.05, 4.69) is 5.32 Å². The van der Waals surface area contributed by atoms with E-state index < -0.39 is 5.97 Å². The summed E-state index contributed by atoms with van der Waals surface area (Å²) in [5, 5.41) is 3.45. The molecule has 0 aliphatic heterocycles. The van der Waals surface area contributed by atoms with Crippen LogP contribution in [0.25, 0.3) is 0 Å². The largest absolute Gasteiger partial charge is 0.465 e. The van der Waals surface area contributed by atoms with Crippen LogP contribution < -0.4 is 5.32 Å². The van der Waals surface area contributed by atoms with Crippen molar-refractivity contribution >= 4 is 29.2 Å². The van der Waals surface area contributed by atoms with E-state index in [0.29, 0.717) is 34.0 Å². The van der Waals surface area contributed by atoms with Crippen LogP contribution in [-0.2, 0) is 9.53 Å². The average molecular weight is 348 g/mol. The van der Waals surface area contributed by atoms with Crippen molar-refractivity contribution < 1.29 is 14.3 Å². The van der Waals surface area contributed by atoms with Crippen LogP contribution in [0.5, 0.6) is 0 Å². The van der Waals surface area contributed by atoms with Crippen molar-refractivity contribution in [1.29, 1.82) is 0 Å². The van der Waals surface area contributed by atoms with E-state index in [9.17, 15) is 9.59 Å². The Morgan fingerprint density at radius 2 is 1.71 bits per heavy atom.